The second-order valence-corrected chi connectivity index (χ2v) is 4.43. The van der Waals surface area contributed by atoms with Crippen LogP contribution in [-0.2, 0) is 6.54 Å². The molecule has 1 aromatic carbocycles. The normalized spacial score (nSPS) is 10.2. The van der Waals surface area contributed by atoms with E-state index in [-0.39, 0.29) is 18.0 Å². The Morgan fingerprint density at radius 2 is 1.86 bits per heavy atom. The lowest BCUT2D eigenvalue weighted by molar-refractivity contribution is 0.326. The number of hydrogen-bond acceptors (Lipinski definition) is 6. The maximum Gasteiger partial charge on any atom is 0.261 e. The number of nitrogens with two attached hydrogens (primary N) is 1. The summed E-state index contributed by atoms with van der Waals surface area (Å²) in [4.78, 5) is 16.8. The van der Waals surface area contributed by atoms with Gasteiger partial charge in [-0.05, 0) is 19.0 Å². The Hall–Kier alpha value is -1.99. The number of ether oxygens (including phenoxy) is 3. The van der Waals surface area contributed by atoms with Crippen molar-refractivity contribution >= 4 is 23.3 Å². The van der Waals surface area contributed by atoms with Crippen LogP contribution in [0.25, 0.3) is 10.9 Å². The van der Waals surface area contributed by atoms with Gasteiger partial charge in [0.15, 0.2) is 11.5 Å². The number of nitrogens with zero attached hydrogens (tertiary/aromatic N) is 2. The SMILES string of the molecule is COc1cc2c(=O)n(CCCN)cnc2c(OC)c1OC.Cl. The summed E-state index contributed by atoms with van der Waals surface area (Å²) in [6.07, 6.45) is 2.20. The van der Waals surface area contributed by atoms with E-state index in [9.17, 15) is 4.79 Å². The van der Waals surface area contributed by atoms with E-state index in [1.54, 1.807) is 6.07 Å². The van der Waals surface area contributed by atoms with Crippen LogP contribution in [-0.4, -0.2) is 37.4 Å². The molecule has 0 aliphatic heterocycles. The summed E-state index contributed by atoms with van der Waals surface area (Å²) in [7, 11) is 4.51. The number of halogens is 1. The Balaban J connectivity index is 0.00000242. The minimum Gasteiger partial charge on any atom is -0.493 e. The first-order chi connectivity index (χ1) is 10.2. The molecule has 7 nitrogen and oxygen atoms in total. The maximum atomic E-state index is 12.5. The fraction of sp³-hybridized carbons (Fsp3) is 0.429. The molecule has 0 amide bonds. The molecule has 2 aromatic rings. The van der Waals surface area contributed by atoms with Crippen LogP contribution in [0.1, 0.15) is 6.42 Å². The molecule has 1 heterocycles. The third kappa shape index (κ3) is 3.10. The largest absolute Gasteiger partial charge is 0.493 e. The molecule has 0 spiro atoms. The Kier molecular flexibility index (Phi) is 6.45. The Morgan fingerprint density at radius 3 is 2.41 bits per heavy atom. The van der Waals surface area contributed by atoms with Crippen molar-refractivity contribution in [2.75, 3.05) is 27.9 Å². The highest BCUT2D eigenvalue weighted by atomic mass is 35.5. The minimum absolute atomic E-state index is 0. The maximum absolute atomic E-state index is 12.5. The molecular formula is C14H20ClN3O4. The molecule has 122 valence electrons. The van der Waals surface area contributed by atoms with Crippen molar-refractivity contribution in [2.45, 2.75) is 13.0 Å². The predicted molar refractivity (Wildman–Crippen MR) is 86.6 cm³/mol. The summed E-state index contributed by atoms with van der Waals surface area (Å²) < 4.78 is 17.4. The molecule has 2 rings (SSSR count). The van der Waals surface area contributed by atoms with E-state index in [2.05, 4.69) is 4.98 Å². The van der Waals surface area contributed by atoms with Crippen molar-refractivity contribution in [2.24, 2.45) is 5.73 Å². The van der Waals surface area contributed by atoms with Crippen molar-refractivity contribution in [3.05, 3.63) is 22.7 Å². The quantitative estimate of drug-likeness (QED) is 0.856. The molecule has 8 heteroatoms. The number of hydrogen-bond donors (Lipinski definition) is 1. The third-order valence-electron chi connectivity index (χ3n) is 3.22. The highest BCUT2D eigenvalue weighted by Gasteiger charge is 2.19. The molecule has 0 fully saturated rings. The Labute approximate surface area is 134 Å². The molecule has 22 heavy (non-hydrogen) atoms. The van der Waals surface area contributed by atoms with Gasteiger partial charge in [0, 0.05) is 6.54 Å². The molecule has 0 saturated carbocycles. The second-order valence-electron chi connectivity index (χ2n) is 4.43. The van der Waals surface area contributed by atoms with Gasteiger partial charge < -0.3 is 19.9 Å². The van der Waals surface area contributed by atoms with E-state index in [1.165, 1.54) is 32.2 Å². The van der Waals surface area contributed by atoms with Gasteiger partial charge in [0.25, 0.3) is 5.56 Å². The zero-order chi connectivity index (χ0) is 15.4. The Bertz CT molecular complexity index is 703. The van der Waals surface area contributed by atoms with Gasteiger partial charge in [0.2, 0.25) is 5.75 Å². The van der Waals surface area contributed by atoms with Gasteiger partial charge in [-0.1, -0.05) is 0 Å². The summed E-state index contributed by atoms with van der Waals surface area (Å²) >= 11 is 0. The lowest BCUT2D eigenvalue weighted by atomic mass is 10.2. The van der Waals surface area contributed by atoms with E-state index in [0.717, 1.165) is 0 Å². The second kappa shape index (κ2) is 7.86. The van der Waals surface area contributed by atoms with Gasteiger partial charge >= 0.3 is 0 Å². The molecule has 0 atom stereocenters. The number of aromatic nitrogens is 2. The van der Waals surface area contributed by atoms with E-state index in [1.807, 2.05) is 0 Å². The van der Waals surface area contributed by atoms with Gasteiger partial charge in [-0.2, -0.15) is 0 Å². The van der Waals surface area contributed by atoms with Gasteiger partial charge in [-0.3, -0.25) is 9.36 Å². The van der Waals surface area contributed by atoms with Crippen LogP contribution in [0.15, 0.2) is 17.2 Å². The molecule has 0 aliphatic rings. The number of methoxy groups -OCH3 is 3. The minimum atomic E-state index is -0.160. The number of fused-ring (bicyclic) bond motifs is 1. The summed E-state index contributed by atoms with van der Waals surface area (Å²) in [6.45, 7) is 1.04. The standard InChI is InChI=1S/C14H19N3O4.ClH/c1-19-10-7-9-11(13(21-3)12(10)20-2)16-8-17(14(9)18)6-4-5-15;/h7-8H,4-6,15H2,1-3H3;1H. The van der Waals surface area contributed by atoms with Crippen molar-refractivity contribution in [1.29, 1.82) is 0 Å². The molecule has 0 aliphatic carbocycles. The number of benzene rings is 1. The fourth-order valence-corrected chi connectivity index (χ4v) is 2.19. The van der Waals surface area contributed by atoms with Crippen LogP contribution in [0.5, 0.6) is 17.2 Å². The first-order valence-corrected chi connectivity index (χ1v) is 6.56. The van der Waals surface area contributed by atoms with Crippen molar-refractivity contribution in [3.63, 3.8) is 0 Å². The van der Waals surface area contributed by atoms with Crippen molar-refractivity contribution in [1.82, 2.24) is 9.55 Å². The van der Waals surface area contributed by atoms with E-state index in [0.29, 0.717) is 47.7 Å². The summed E-state index contributed by atoms with van der Waals surface area (Å²) in [6, 6.07) is 1.62. The molecular weight excluding hydrogens is 310 g/mol. The average Bonchev–Trinajstić information content (AvgIpc) is 2.52. The smallest absolute Gasteiger partial charge is 0.261 e. The van der Waals surface area contributed by atoms with Crippen molar-refractivity contribution in [3.8, 4) is 17.2 Å². The molecule has 0 unspecified atom stereocenters. The predicted octanol–water partition coefficient (Wildman–Crippen LogP) is 1.19. The lowest BCUT2D eigenvalue weighted by Crippen LogP contribution is -2.22. The fourth-order valence-electron chi connectivity index (χ4n) is 2.19. The average molecular weight is 330 g/mol. The first kappa shape index (κ1) is 18.1. The van der Waals surface area contributed by atoms with Gasteiger partial charge in [0.1, 0.15) is 5.52 Å². The van der Waals surface area contributed by atoms with E-state index >= 15 is 0 Å². The summed E-state index contributed by atoms with van der Waals surface area (Å²) in [5, 5.41) is 0.420. The molecule has 0 radical (unpaired) electrons. The zero-order valence-corrected chi connectivity index (χ0v) is 13.6. The van der Waals surface area contributed by atoms with E-state index < -0.39 is 0 Å². The zero-order valence-electron chi connectivity index (χ0n) is 12.8. The van der Waals surface area contributed by atoms with Crippen LogP contribution in [0, 0.1) is 0 Å². The third-order valence-corrected chi connectivity index (χ3v) is 3.22. The van der Waals surface area contributed by atoms with Gasteiger partial charge in [-0.25, -0.2) is 4.98 Å². The highest BCUT2D eigenvalue weighted by Crippen LogP contribution is 2.41. The van der Waals surface area contributed by atoms with Crippen molar-refractivity contribution < 1.29 is 14.2 Å². The number of aryl methyl sites for hydroxylation is 1. The molecule has 1 aromatic heterocycles. The number of rotatable bonds is 6. The van der Waals surface area contributed by atoms with Crippen LogP contribution in [0.4, 0.5) is 0 Å². The van der Waals surface area contributed by atoms with Crippen LogP contribution in [0.2, 0.25) is 0 Å². The molecule has 0 bridgehead atoms. The van der Waals surface area contributed by atoms with Gasteiger partial charge in [-0.15, -0.1) is 12.4 Å². The first-order valence-electron chi connectivity index (χ1n) is 6.56. The topological polar surface area (TPSA) is 88.6 Å². The lowest BCUT2D eigenvalue weighted by Gasteiger charge is -2.14. The molecule has 0 saturated heterocycles. The molecule has 2 N–H and O–H groups in total. The van der Waals surface area contributed by atoms with E-state index in [4.69, 9.17) is 19.9 Å². The van der Waals surface area contributed by atoms with Crippen LogP contribution < -0.4 is 25.5 Å². The highest BCUT2D eigenvalue weighted by molar-refractivity contribution is 5.89. The summed E-state index contributed by atoms with van der Waals surface area (Å²) in [5.74, 6) is 1.23. The van der Waals surface area contributed by atoms with Crippen LogP contribution >= 0.6 is 12.4 Å². The van der Waals surface area contributed by atoms with Crippen LogP contribution in [0.3, 0.4) is 0 Å². The summed E-state index contributed by atoms with van der Waals surface area (Å²) in [5.41, 5.74) is 5.76. The van der Waals surface area contributed by atoms with Gasteiger partial charge in [0.05, 0.1) is 33.0 Å². The monoisotopic (exact) mass is 329 g/mol. The Morgan fingerprint density at radius 1 is 1.18 bits per heavy atom.